The number of fused-ring (bicyclic) bond motifs is 1. The second-order valence-corrected chi connectivity index (χ2v) is 6.44. The quantitative estimate of drug-likeness (QED) is 0.758. The standard InChI is InChI=1S/C20H18N6O2/c1-14(27)25-11-10-15-4-2-3-5-18(15)19(25)12-20(28)22-16-6-8-17(9-7-16)26-13-21-23-24-26/h2-11,13,19H,12H2,1H3,(H,22,28)/t19-/m0/s1. The van der Waals surface area contributed by atoms with Gasteiger partial charge in [-0.2, -0.15) is 0 Å². The predicted octanol–water partition coefficient (Wildman–Crippen LogP) is 2.57. The van der Waals surface area contributed by atoms with E-state index in [0.717, 1.165) is 16.8 Å². The molecule has 8 nitrogen and oxygen atoms in total. The third-order valence-electron chi connectivity index (χ3n) is 4.61. The van der Waals surface area contributed by atoms with Crippen LogP contribution in [-0.4, -0.2) is 36.9 Å². The number of nitrogens with one attached hydrogen (secondary N) is 1. The molecule has 2 aromatic carbocycles. The predicted molar refractivity (Wildman–Crippen MR) is 103 cm³/mol. The second-order valence-electron chi connectivity index (χ2n) is 6.44. The Morgan fingerprint density at radius 2 is 1.89 bits per heavy atom. The molecule has 0 bridgehead atoms. The number of benzene rings is 2. The maximum Gasteiger partial charge on any atom is 0.226 e. The van der Waals surface area contributed by atoms with E-state index in [1.54, 1.807) is 23.2 Å². The minimum Gasteiger partial charge on any atom is -0.326 e. The molecular weight excluding hydrogens is 356 g/mol. The van der Waals surface area contributed by atoms with Crippen LogP contribution in [0.3, 0.4) is 0 Å². The zero-order valence-corrected chi connectivity index (χ0v) is 15.2. The molecule has 0 saturated heterocycles. The first kappa shape index (κ1) is 17.6. The van der Waals surface area contributed by atoms with Crippen molar-refractivity contribution in [3.8, 4) is 5.69 Å². The molecule has 0 unspecified atom stereocenters. The maximum absolute atomic E-state index is 12.7. The van der Waals surface area contributed by atoms with Crippen molar-refractivity contribution in [2.75, 3.05) is 5.32 Å². The van der Waals surface area contributed by atoms with Crippen LogP contribution >= 0.6 is 0 Å². The fourth-order valence-corrected chi connectivity index (χ4v) is 3.28. The summed E-state index contributed by atoms with van der Waals surface area (Å²) in [7, 11) is 0. The lowest BCUT2D eigenvalue weighted by Crippen LogP contribution is -2.33. The van der Waals surface area contributed by atoms with Gasteiger partial charge in [-0.1, -0.05) is 24.3 Å². The smallest absolute Gasteiger partial charge is 0.226 e. The van der Waals surface area contributed by atoms with Crippen molar-refractivity contribution in [1.29, 1.82) is 0 Å². The van der Waals surface area contributed by atoms with E-state index in [1.165, 1.54) is 17.9 Å². The number of aromatic nitrogens is 4. The van der Waals surface area contributed by atoms with Gasteiger partial charge in [0.2, 0.25) is 11.8 Å². The number of hydrogen-bond donors (Lipinski definition) is 1. The summed E-state index contributed by atoms with van der Waals surface area (Å²) < 4.78 is 1.53. The van der Waals surface area contributed by atoms with E-state index in [4.69, 9.17) is 0 Å². The highest BCUT2D eigenvalue weighted by molar-refractivity contribution is 5.92. The molecule has 4 rings (SSSR count). The zero-order valence-electron chi connectivity index (χ0n) is 15.2. The number of carbonyl (C=O) groups excluding carboxylic acids is 2. The van der Waals surface area contributed by atoms with Crippen molar-refractivity contribution < 1.29 is 9.59 Å². The van der Waals surface area contributed by atoms with Gasteiger partial charge in [0.05, 0.1) is 18.2 Å². The van der Waals surface area contributed by atoms with Crippen LogP contribution in [0.2, 0.25) is 0 Å². The van der Waals surface area contributed by atoms with Crippen molar-refractivity contribution in [1.82, 2.24) is 25.1 Å². The first-order valence-electron chi connectivity index (χ1n) is 8.81. The SMILES string of the molecule is CC(=O)N1C=Cc2ccccc2[C@@H]1CC(=O)Nc1ccc(-n2cnnn2)cc1. The van der Waals surface area contributed by atoms with E-state index >= 15 is 0 Å². The summed E-state index contributed by atoms with van der Waals surface area (Å²) in [5, 5.41) is 13.9. The Balaban J connectivity index is 1.49. The van der Waals surface area contributed by atoms with E-state index in [9.17, 15) is 9.59 Å². The molecule has 0 fully saturated rings. The lowest BCUT2D eigenvalue weighted by molar-refractivity contribution is -0.129. The van der Waals surface area contributed by atoms with Gasteiger partial charge < -0.3 is 10.2 Å². The Labute approximate surface area is 161 Å². The minimum absolute atomic E-state index is 0.102. The molecule has 1 atom stereocenters. The number of hydrogen-bond acceptors (Lipinski definition) is 5. The molecule has 1 aromatic heterocycles. The maximum atomic E-state index is 12.7. The lowest BCUT2D eigenvalue weighted by atomic mass is 9.93. The number of nitrogens with zero attached hydrogens (tertiary/aromatic N) is 5. The highest BCUT2D eigenvalue weighted by Crippen LogP contribution is 2.33. The molecule has 2 heterocycles. The summed E-state index contributed by atoms with van der Waals surface area (Å²) >= 11 is 0. The molecule has 0 aliphatic carbocycles. The van der Waals surface area contributed by atoms with E-state index in [-0.39, 0.29) is 24.3 Å². The van der Waals surface area contributed by atoms with Gasteiger partial charge in [-0.3, -0.25) is 9.59 Å². The Bertz CT molecular complexity index is 1030. The zero-order chi connectivity index (χ0) is 19.5. The Morgan fingerprint density at radius 3 is 2.61 bits per heavy atom. The summed E-state index contributed by atoms with van der Waals surface area (Å²) in [6.45, 7) is 1.50. The minimum atomic E-state index is -0.334. The molecular formula is C20H18N6O2. The average Bonchev–Trinajstić information content (AvgIpc) is 3.23. The van der Waals surface area contributed by atoms with Crippen LogP contribution in [0.1, 0.15) is 30.5 Å². The van der Waals surface area contributed by atoms with E-state index in [1.807, 2.05) is 42.5 Å². The van der Waals surface area contributed by atoms with Crippen LogP contribution in [0.5, 0.6) is 0 Å². The lowest BCUT2D eigenvalue weighted by Gasteiger charge is -2.32. The van der Waals surface area contributed by atoms with Gasteiger partial charge in [0.1, 0.15) is 6.33 Å². The van der Waals surface area contributed by atoms with Crippen LogP contribution in [0, 0.1) is 0 Å². The van der Waals surface area contributed by atoms with Crippen LogP contribution in [0.25, 0.3) is 11.8 Å². The van der Waals surface area contributed by atoms with Gasteiger partial charge in [-0.15, -0.1) is 5.10 Å². The topological polar surface area (TPSA) is 93.0 Å². The third-order valence-corrected chi connectivity index (χ3v) is 4.61. The van der Waals surface area contributed by atoms with Crippen molar-refractivity contribution in [2.24, 2.45) is 0 Å². The molecule has 2 amide bonds. The first-order valence-corrected chi connectivity index (χ1v) is 8.81. The van der Waals surface area contributed by atoms with Crippen LogP contribution in [-0.2, 0) is 9.59 Å². The molecule has 0 spiro atoms. The van der Waals surface area contributed by atoms with Crippen LogP contribution in [0.15, 0.2) is 61.1 Å². The van der Waals surface area contributed by atoms with Crippen molar-refractivity contribution in [3.63, 3.8) is 0 Å². The van der Waals surface area contributed by atoms with Gasteiger partial charge in [0, 0.05) is 18.8 Å². The fourth-order valence-electron chi connectivity index (χ4n) is 3.28. The molecule has 3 aromatic rings. The molecule has 0 saturated carbocycles. The van der Waals surface area contributed by atoms with Crippen molar-refractivity contribution in [2.45, 2.75) is 19.4 Å². The number of anilines is 1. The number of rotatable bonds is 4. The highest BCUT2D eigenvalue weighted by atomic mass is 16.2. The van der Waals surface area contributed by atoms with Gasteiger partial charge in [0.15, 0.2) is 0 Å². The highest BCUT2D eigenvalue weighted by Gasteiger charge is 2.28. The molecule has 0 radical (unpaired) electrons. The van der Waals surface area contributed by atoms with Crippen molar-refractivity contribution >= 4 is 23.6 Å². The normalized spacial score (nSPS) is 15.2. The van der Waals surface area contributed by atoms with Crippen molar-refractivity contribution in [3.05, 3.63) is 72.2 Å². The monoisotopic (exact) mass is 374 g/mol. The number of tetrazole rings is 1. The Morgan fingerprint density at radius 1 is 1.11 bits per heavy atom. The van der Waals surface area contributed by atoms with E-state index in [0.29, 0.717) is 5.69 Å². The average molecular weight is 374 g/mol. The molecule has 8 heteroatoms. The number of amides is 2. The van der Waals surface area contributed by atoms with E-state index < -0.39 is 0 Å². The first-order chi connectivity index (χ1) is 13.6. The summed E-state index contributed by atoms with van der Waals surface area (Å²) in [6.07, 6.45) is 5.29. The largest absolute Gasteiger partial charge is 0.326 e. The summed E-state index contributed by atoms with van der Waals surface area (Å²) in [5.41, 5.74) is 3.43. The second kappa shape index (κ2) is 7.43. The van der Waals surface area contributed by atoms with Gasteiger partial charge in [0.25, 0.3) is 0 Å². The molecule has 1 N–H and O–H groups in total. The molecule has 1 aliphatic heterocycles. The molecule has 1 aliphatic rings. The van der Waals surface area contributed by atoms with Crippen LogP contribution < -0.4 is 5.32 Å². The summed E-state index contributed by atoms with van der Waals surface area (Å²) in [6, 6.07) is 14.6. The Kier molecular flexibility index (Phi) is 4.67. The molecule has 140 valence electrons. The van der Waals surface area contributed by atoms with Crippen LogP contribution in [0.4, 0.5) is 5.69 Å². The Hall–Kier alpha value is -3.81. The van der Waals surface area contributed by atoms with Gasteiger partial charge in [-0.25, -0.2) is 4.68 Å². The summed E-state index contributed by atoms with van der Waals surface area (Å²) in [4.78, 5) is 26.3. The van der Waals surface area contributed by atoms with E-state index in [2.05, 4.69) is 20.8 Å². The third kappa shape index (κ3) is 3.52. The molecule has 28 heavy (non-hydrogen) atoms. The summed E-state index contributed by atoms with van der Waals surface area (Å²) in [5.74, 6) is -0.272. The van der Waals surface area contributed by atoms with Gasteiger partial charge >= 0.3 is 0 Å². The number of carbonyl (C=O) groups is 2. The fraction of sp³-hybridized carbons (Fsp3) is 0.150. The van der Waals surface area contributed by atoms with Gasteiger partial charge in [-0.05, 0) is 51.9 Å².